The zero-order valence-corrected chi connectivity index (χ0v) is 14.2. The zero-order chi connectivity index (χ0) is 17.7. The van der Waals surface area contributed by atoms with Crippen LogP contribution in [0.15, 0.2) is 29.3 Å². The molecule has 3 aromatic rings. The topological polar surface area (TPSA) is 101 Å². The summed E-state index contributed by atoms with van der Waals surface area (Å²) in [6.07, 6.45) is 8.05. The van der Waals surface area contributed by atoms with Gasteiger partial charge in [-0.2, -0.15) is 4.68 Å². The molecule has 134 valence electrons. The molecule has 0 bridgehead atoms. The second-order valence-electron chi connectivity index (χ2n) is 7.13. The third-order valence-electron chi connectivity index (χ3n) is 5.43. The van der Waals surface area contributed by atoms with Gasteiger partial charge < -0.3 is 4.90 Å². The fraction of sp³-hybridized carbons (Fsp3) is 0.471. The third kappa shape index (κ3) is 2.59. The van der Waals surface area contributed by atoms with Crippen molar-refractivity contribution < 1.29 is 4.79 Å². The van der Waals surface area contributed by atoms with Crippen LogP contribution in [0.5, 0.6) is 0 Å². The van der Waals surface area contributed by atoms with Crippen molar-refractivity contribution in [2.75, 3.05) is 13.1 Å². The number of nitrogens with one attached hydrogen (secondary N) is 1. The molecule has 9 nitrogen and oxygen atoms in total. The smallest absolute Gasteiger partial charge is 0.276 e. The third-order valence-corrected chi connectivity index (χ3v) is 5.43. The first kappa shape index (κ1) is 15.3. The van der Waals surface area contributed by atoms with Crippen molar-refractivity contribution in [3.8, 4) is 5.95 Å². The first-order chi connectivity index (χ1) is 12.7. The number of carbonyl (C=O) groups excluding carboxylic acids is 1. The van der Waals surface area contributed by atoms with Crippen LogP contribution in [0.1, 0.15) is 36.2 Å². The van der Waals surface area contributed by atoms with Crippen LogP contribution in [-0.2, 0) is 0 Å². The van der Waals surface area contributed by atoms with Crippen molar-refractivity contribution in [3.63, 3.8) is 0 Å². The Kier molecular flexibility index (Phi) is 3.41. The van der Waals surface area contributed by atoms with Crippen LogP contribution in [0.4, 0.5) is 0 Å². The summed E-state index contributed by atoms with van der Waals surface area (Å²) in [5.74, 6) is 1.77. The number of fused-ring (bicyclic) bond motifs is 1. The van der Waals surface area contributed by atoms with Gasteiger partial charge in [0.25, 0.3) is 17.4 Å². The Labute approximate surface area is 148 Å². The molecule has 1 aliphatic heterocycles. The Morgan fingerprint density at radius 3 is 2.69 bits per heavy atom. The lowest BCUT2D eigenvalue weighted by Gasteiger charge is -2.31. The number of H-pyrrole nitrogens is 1. The summed E-state index contributed by atoms with van der Waals surface area (Å²) in [6, 6.07) is 3.42. The van der Waals surface area contributed by atoms with E-state index in [1.165, 1.54) is 28.2 Å². The van der Waals surface area contributed by atoms with Crippen LogP contribution in [0.25, 0.3) is 11.5 Å². The Morgan fingerprint density at radius 2 is 1.92 bits per heavy atom. The van der Waals surface area contributed by atoms with E-state index in [0.29, 0.717) is 5.52 Å². The molecule has 1 aliphatic carbocycles. The van der Waals surface area contributed by atoms with Gasteiger partial charge in [-0.05, 0) is 49.7 Å². The predicted octanol–water partition coefficient (Wildman–Crippen LogP) is 0.865. The highest BCUT2D eigenvalue weighted by Gasteiger charge is 2.34. The SMILES string of the molecule is O=C(c1cn(-c2nn3cccc3c(=O)[nH]2)nn1)N1CCC(C2CC2)CC1. The normalized spacial score (nSPS) is 18.5. The highest BCUT2D eigenvalue weighted by Crippen LogP contribution is 2.41. The minimum atomic E-state index is -0.273. The van der Waals surface area contributed by atoms with Crippen molar-refractivity contribution >= 4 is 11.4 Å². The number of carbonyl (C=O) groups is 1. The van der Waals surface area contributed by atoms with E-state index in [4.69, 9.17) is 0 Å². The maximum atomic E-state index is 12.7. The molecule has 9 heteroatoms. The summed E-state index contributed by atoms with van der Waals surface area (Å²) in [4.78, 5) is 29.3. The van der Waals surface area contributed by atoms with Gasteiger partial charge in [0.2, 0.25) is 0 Å². The van der Waals surface area contributed by atoms with Crippen LogP contribution in [0, 0.1) is 11.8 Å². The first-order valence-corrected chi connectivity index (χ1v) is 8.99. The van der Waals surface area contributed by atoms with Crippen LogP contribution < -0.4 is 5.56 Å². The van der Waals surface area contributed by atoms with E-state index in [2.05, 4.69) is 20.4 Å². The van der Waals surface area contributed by atoms with Crippen molar-refractivity contribution in [2.45, 2.75) is 25.7 Å². The van der Waals surface area contributed by atoms with Gasteiger partial charge in [0.1, 0.15) is 5.52 Å². The fourth-order valence-corrected chi connectivity index (χ4v) is 3.80. The molecule has 0 spiro atoms. The standard InChI is InChI=1S/C17H19N7O2/c25-15-14-2-1-7-23(14)20-17(18-15)24-10-13(19-21-24)16(26)22-8-5-12(6-9-22)11-3-4-11/h1-2,7,10-12H,3-6,8-9H2,(H,18,20,25). The Hall–Kier alpha value is -2.97. The monoisotopic (exact) mass is 353 g/mol. The van der Waals surface area contributed by atoms with Gasteiger partial charge in [-0.1, -0.05) is 5.21 Å². The van der Waals surface area contributed by atoms with Gasteiger partial charge in [0, 0.05) is 19.3 Å². The van der Waals surface area contributed by atoms with Gasteiger partial charge in [0.05, 0.1) is 6.20 Å². The molecule has 2 fully saturated rings. The van der Waals surface area contributed by atoms with Gasteiger partial charge in [-0.25, -0.2) is 4.52 Å². The summed E-state index contributed by atoms with van der Waals surface area (Å²) in [5.41, 5.74) is 0.444. The molecule has 1 saturated heterocycles. The van der Waals surface area contributed by atoms with E-state index in [9.17, 15) is 9.59 Å². The highest BCUT2D eigenvalue weighted by molar-refractivity contribution is 5.92. The number of hydrogen-bond acceptors (Lipinski definition) is 5. The molecule has 3 aromatic heterocycles. The summed E-state index contributed by atoms with van der Waals surface area (Å²) in [7, 11) is 0. The minimum Gasteiger partial charge on any atom is -0.337 e. The number of aromatic amines is 1. The zero-order valence-electron chi connectivity index (χ0n) is 14.2. The average Bonchev–Trinajstić information content (AvgIpc) is 3.18. The largest absolute Gasteiger partial charge is 0.337 e. The summed E-state index contributed by atoms with van der Waals surface area (Å²) >= 11 is 0. The lowest BCUT2D eigenvalue weighted by atomic mass is 9.92. The fourth-order valence-electron chi connectivity index (χ4n) is 3.80. The summed E-state index contributed by atoms with van der Waals surface area (Å²) < 4.78 is 2.80. The van der Waals surface area contributed by atoms with Crippen LogP contribution >= 0.6 is 0 Å². The number of rotatable bonds is 3. The van der Waals surface area contributed by atoms with Gasteiger partial charge >= 0.3 is 0 Å². The van der Waals surface area contributed by atoms with Crippen molar-refractivity contribution in [2.24, 2.45) is 11.8 Å². The molecule has 4 heterocycles. The van der Waals surface area contributed by atoms with E-state index < -0.39 is 0 Å². The molecule has 2 aliphatic rings. The van der Waals surface area contributed by atoms with Crippen molar-refractivity contribution in [1.82, 2.24) is 34.5 Å². The average molecular weight is 353 g/mol. The van der Waals surface area contributed by atoms with E-state index >= 15 is 0 Å². The van der Waals surface area contributed by atoms with Crippen molar-refractivity contribution in [1.29, 1.82) is 0 Å². The van der Waals surface area contributed by atoms with Gasteiger partial charge in [0.15, 0.2) is 5.69 Å². The lowest BCUT2D eigenvalue weighted by Crippen LogP contribution is -2.39. The highest BCUT2D eigenvalue weighted by atomic mass is 16.2. The Bertz CT molecular complexity index is 1020. The van der Waals surface area contributed by atoms with Gasteiger partial charge in [-0.3, -0.25) is 14.6 Å². The molecular weight excluding hydrogens is 334 g/mol. The number of piperidine rings is 1. The maximum Gasteiger partial charge on any atom is 0.276 e. The van der Waals surface area contributed by atoms with Crippen LogP contribution in [-0.4, -0.2) is 53.5 Å². The first-order valence-electron chi connectivity index (χ1n) is 8.99. The Balaban J connectivity index is 1.35. The molecule has 0 radical (unpaired) electrons. The van der Waals surface area contributed by atoms with Crippen molar-refractivity contribution in [3.05, 3.63) is 40.6 Å². The minimum absolute atomic E-state index is 0.116. The second-order valence-corrected chi connectivity index (χ2v) is 7.13. The molecular formula is C17H19N7O2. The number of hydrogen-bond donors (Lipinski definition) is 1. The van der Waals surface area contributed by atoms with E-state index in [1.807, 2.05) is 4.90 Å². The number of nitrogens with zero attached hydrogens (tertiary/aromatic N) is 6. The number of aromatic nitrogens is 6. The molecule has 0 aromatic carbocycles. The predicted molar refractivity (Wildman–Crippen MR) is 92.1 cm³/mol. The Morgan fingerprint density at radius 1 is 1.15 bits per heavy atom. The van der Waals surface area contributed by atoms with E-state index in [-0.39, 0.29) is 23.1 Å². The summed E-state index contributed by atoms with van der Waals surface area (Å²) in [6.45, 7) is 1.55. The number of likely N-dealkylation sites (tertiary alicyclic amines) is 1. The molecule has 26 heavy (non-hydrogen) atoms. The number of amides is 1. The quantitative estimate of drug-likeness (QED) is 0.753. The molecule has 5 rings (SSSR count). The van der Waals surface area contributed by atoms with E-state index in [1.54, 1.807) is 18.3 Å². The van der Waals surface area contributed by atoms with Gasteiger partial charge in [-0.15, -0.1) is 10.2 Å². The summed E-state index contributed by atoms with van der Waals surface area (Å²) in [5, 5.41) is 12.2. The van der Waals surface area contributed by atoms with Crippen LogP contribution in [0.3, 0.4) is 0 Å². The molecule has 1 saturated carbocycles. The van der Waals surface area contributed by atoms with E-state index in [0.717, 1.165) is 37.8 Å². The lowest BCUT2D eigenvalue weighted by molar-refractivity contribution is 0.0674. The molecule has 1 amide bonds. The van der Waals surface area contributed by atoms with Crippen LogP contribution in [0.2, 0.25) is 0 Å². The maximum absolute atomic E-state index is 12.7. The molecule has 1 N–H and O–H groups in total. The molecule has 0 atom stereocenters. The second kappa shape index (κ2) is 5.79. The molecule has 0 unspecified atom stereocenters.